The zero-order valence-electron chi connectivity index (χ0n) is 16.1. The van der Waals surface area contributed by atoms with Crippen molar-refractivity contribution in [3.05, 3.63) is 53.4 Å². The van der Waals surface area contributed by atoms with Crippen molar-refractivity contribution in [1.82, 2.24) is 14.9 Å². The summed E-state index contributed by atoms with van der Waals surface area (Å²) in [4.78, 5) is 24.0. The van der Waals surface area contributed by atoms with E-state index < -0.39 is 5.82 Å². The Morgan fingerprint density at radius 2 is 2.19 bits per heavy atom. The van der Waals surface area contributed by atoms with E-state index in [1.54, 1.807) is 12.3 Å². The van der Waals surface area contributed by atoms with Crippen LogP contribution in [-0.4, -0.2) is 40.9 Å². The lowest BCUT2D eigenvalue weighted by molar-refractivity contribution is 0.0809. The van der Waals surface area contributed by atoms with E-state index in [0.29, 0.717) is 18.7 Å². The highest BCUT2D eigenvalue weighted by Crippen LogP contribution is 2.25. The maximum absolute atomic E-state index is 13.9. The van der Waals surface area contributed by atoms with Crippen molar-refractivity contribution in [2.45, 2.75) is 39.2 Å². The minimum Gasteiger partial charge on any atom is -0.494 e. The first-order valence-electron chi connectivity index (χ1n) is 9.40. The Balaban J connectivity index is 1.67. The number of carbonyl (C=O) groups is 1. The lowest BCUT2D eigenvalue weighted by Crippen LogP contribution is -2.38. The van der Waals surface area contributed by atoms with Gasteiger partial charge in [-0.1, -0.05) is 13.8 Å². The Labute approximate surface area is 159 Å². The van der Waals surface area contributed by atoms with Crippen molar-refractivity contribution in [2.75, 3.05) is 20.2 Å². The Morgan fingerprint density at radius 1 is 1.37 bits per heavy atom. The predicted molar refractivity (Wildman–Crippen MR) is 101 cm³/mol. The topological polar surface area (TPSA) is 55.3 Å². The van der Waals surface area contributed by atoms with Crippen LogP contribution in [0.4, 0.5) is 4.39 Å². The third-order valence-corrected chi connectivity index (χ3v) is 4.95. The first-order valence-corrected chi connectivity index (χ1v) is 9.40. The normalized spacial score (nSPS) is 17.9. The van der Waals surface area contributed by atoms with Gasteiger partial charge in [0.1, 0.15) is 5.82 Å². The van der Waals surface area contributed by atoms with Gasteiger partial charge in [-0.2, -0.15) is 0 Å². The lowest BCUT2D eigenvalue weighted by atomic mass is 9.90. The molecule has 0 spiro atoms. The van der Waals surface area contributed by atoms with Crippen LogP contribution in [0.1, 0.15) is 54.5 Å². The molecule has 1 aromatic carbocycles. The number of hydrogen-bond donors (Lipinski definition) is 0. The Bertz CT molecular complexity index is 810. The van der Waals surface area contributed by atoms with Crippen LogP contribution in [0, 0.1) is 11.7 Å². The zero-order chi connectivity index (χ0) is 19.4. The van der Waals surface area contributed by atoms with Gasteiger partial charge in [0.25, 0.3) is 0 Å². The van der Waals surface area contributed by atoms with Gasteiger partial charge >= 0.3 is 0 Å². The number of nitrogens with zero attached hydrogens (tertiary/aromatic N) is 3. The first-order chi connectivity index (χ1) is 13.0. The Kier molecular flexibility index (Phi) is 6.16. The van der Waals surface area contributed by atoms with Gasteiger partial charge in [0, 0.05) is 36.7 Å². The van der Waals surface area contributed by atoms with Crippen molar-refractivity contribution in [2.24, 2.45) is 5.92 Å². The number of ether oxygens (including phenoxy) is 1. The molecule has 1 aliphatic heterocycles. The van der Waals surface area contributed by atoms with Crippen LogP contribution in [-0.2, 0) is 6.54 Å². The summed E-state index contributed by atoms with van der Waals surface area (Å²) in [6.45, 7) is 6.43. The smallest absolute Gasteiger partial charge is 0.167 e. The van der Waals surface area contributed by atoms with E-state index >= 15 is 0 Å². The minimum absolute atomic E-state index is 0.00758. The van der Waals surface area contributed by atoms with Crippen LogP contribution in [0.2, 0.25) is 0 Å². The second kappa shape index (κ2) is 8.57. The molecule has 1 aliphatic rings. The fourth-order valence-electron chi connectivity index (χ4n) is 3.48. The maximum atomic E-state index is 13.9. The second-order valence-electron chi connectivity index (χ2n) is 7.35. The molecule has 0 radical (unpaired) electrons. The molecule has 27 heavy (non-hydrogen) atoms. The molecule has 0 unspecified atom stereocenters. The fourth-order valence-corrected chi connectivity index (χ4v) is 3.48. The summed E-state index contributed by atoms with van der Waals surface area (Å²) in [6, 6.07) is 6.36. The van der Waals surface area contributed by atoms with Gasteiger partial charge in [0.05, 0.1) is 12.8 Å². The predicted octanol–water partition coefficient (Wildman–Crippen LogP) is 3.84. The molecule has 0 N–H and O–H groups in total. The van der Waals surface area contributed by atoms with E-state index in [0.717, 1.165) is 30.9 Å². The number of Topliss-reactive ketones (excluding diaryl/α,β-unsaturated/α-hetero) is 1. The van der Waals surface area contributed by atoms with Crippen molar-refractivity contribution in [3.63, 3.8) is 0 Å². The van der Waals surface area contributed by atoms with Crippen LogP contribution in [0.3, 0.4) is 0 Å². The largest absolute Gasteiger partial charge is 0.494 e. The highest BCUT2D eigenvalue weighted by molar-refractivity contribution is 5.98. The van der Waals surface area contributed by atoms with Gasteiger partial charge in [-0.05, 0) is 43.7 Å². The van der Waals surface area contributed by atoms with Crippen LogP contribution in [0.15, 0.2) is 30.5 Å². The number of methoxy groups -OCH3 is 1. The minimum atomic E-state index is -0.502. The number of carbonyl (C=O) groups excluding carboxylic acids is 1. The molecule has 1 fully saturated rings. The maximum Gasteiger partial charge on any atom is 0.167 e. The SMILES string of the molecule is COc1ccc(C(=O)[C@H]2CCCN(Cc3ccnc(C(C)C)n3)C2)cc1F. The van der Waals surface area contributed by atoms with Crippen LogP contribution < -0.4 is 4.74 Å². The van der Waals surface area contributed by atoms with Crippen LogP contribution in [0.25, 0.3) is 0 Å². The molecule has 0 bridgehead atoms. The summed E-state index contributed by atoms with van der Waals surface area (Å²) in [5.74, 6) is 0.640. The Morgan fingerprint density at radius 3 is 2.89 bits per heavy atom. The molecular formula is C21H26FN3O2. The van der Waals surface area contributed by atoms with Gasteiger partial charge < -0.3 is 4.74 Å². The zero-order valence-corrected chi connectivity index (χ0v) is 16.1. The average molecular weight is 371 g/mol. The molecule has 1 atom stereocenters. The van der Waals surface area contributed by atoms with Gasteiger partial charge in [-0.15, -0.1) is 0 Å². The number of piperidine rings is 1. The van der Waals surface area contributed by atoms with Gasteiger partial charge in [0.2, 0.25) is 0 Å². The highest BCUT2D eigenvalue weighted by atomic mass is 19.1. The number of halogens is 1. The Hall–Kier alpha value is -2.34. The number of likely N-dealkylation sites (tertiary alicyclic amines) is 1. The summed E-state index contributed by atoms with van der Waals surface area (Å²) in [5, 5.41) is 0. The van der Waals surface area contributed by atoms with Crippen LogP contribution in [0.5, 0.6) is 5.75 Å². The molecular weight excluding hydrogens is 345 g/mol. The molecule has 3 rings (SSSR count). The quantitative estimate of drug-likeness (QED) is 0.722. The molecule has 2 heterocycles. The third kappa shape index (κ3) is 4.69. The van der Waals surface area contributed by atoms with Gasteiger partial charge in [0.15, 0.2) is 17.3 Å². The van der Waals surface area contributed by atoms with Gasteiger partial charge in [-0.25, -0.2) is 14.4 Å². The molecule has 0 saturated carbocycles. The monoisotopic (exact) mass is 371 g/mol. The standard InChI is InChI=1S/C21H26FN3O2/c1-14(2)21-23-9-8-17(24-21)13-25-10-4-5-16(12-25)20(26)15-6-7-19(27-3)18(22)11-15/h6-9,11,14,16H,4-5,10,12-13H2,1-3H3/t16-/m0/s1. The van der Waals surface area contributed by atoms with E-state index in [9.17, 15) is 9.18 Å². The summed E-state index contributed by atoms with van der Waals surface area (Å²) in [5.41, 5.74) is 1.38. The molecule has 1 aromatic heterocycles. The number of hydrogen-bond acceptors (Lipinski definition) is 5. The number of aromatic nitrogens is 2. The molecule has 2 aromatic rings. The molecule has 1 saturated heterocycles. The number of ketones is 1. The molecule has 5 nitrogen and oxygen atoms in total. The van der Waals surface area contributed by atoms with E-state index in [1.807, 2.05) is 6.07 Å². The molecule has 6 heteroatoms. The fraction of sp³-hybridized carbons (Fsp3) is 0.476. The summed E-state index contributed by atoms with van der Waals surface area (Å²) >= 11 is 0. The summed E-state index contributed by atoms with van der Waals surface area (Å²) < 4.78 is 18.9. The van der Waals surface area contributed by atoms with E-state index in [4.69, 9.17) is 4.74 Å². The van der Waals surface area contributed by atoms with E-state index in [-0.39, 0.29) is 23.4 Å². The van der Waals surface area contributed by atoms with Crippen molar-refractivity contribution in [3.8, 4) is 5.75 Å². The lowest BCUT2D eigenvalue weighted by Gasteiger charge is -2.31. The molecule has 144 valence electrons. The average Bonchev–Trinajstić information content (AvgIpc) is 2.67. The number of rotatable bonds is 6. The third-order valence-electron chi connectivity index (χ3n) is 4.95. The summed E-state index contributed by atoms with van der Waals surface area (Å²) in [7, 11) is 1.41. The molecule has 0 aliphatic carbocycles. The summed E-state index contributed by atoms with van der Waals surface area (Å²) in [6.07, 6.45) is 3.56. The number of benzene rings is 1. The van der Waals surface area contributed by atoms with Gasteiger partial charge in [-0.3, -0.25) is 9.69 Å². The van der Waals surface area contributed by atoms with Crippen molar-refractivity contribution >= 4 is 5.78 Å². The highest BCUT2D eigenvalue weighted by Gasteiger charge is 2.27. The van der Waals surface area contributed by atoms with E-state index in [2.05, 4.69) is 28.7 Å². The van der Waals surface area contributed by atoms with Crippen molar-refractivity contribution in [1.29, 1.82) is 0 Å². The van der Waals surface area contributed by atoms with E-state index in [1.165, 1.54) is 19.2 Å². The van der Waals surface area contributed by atoms with Crippen molar-refractivity contribution < 1.29 is 13.9 Å². The molecule has 0 amide bonds. The van der Waals surface area contributed by atoms with Crippen LogP contribution >= 0.6 is 0 Å². The second-order valence-corrected chi connectivity index (χ2v) is 7.35. The first kappa shape index (κ1) is 19.4.